The average Bonchev–Trinajstić information content (AvgIpc) is 2.47. The van der Waals surface area contributed by atoms with Crippen LogP contribution in [0.15, 0.2) is 48.5 Å². The van der Waals surface area contributed by atoms with Gasteiger partial charge >= 0.3 is 0 Å². The molecule has 2 rings (SSSR count). The molecule has 0 fully saturated rings. The normalized spacial score (nSPS) is 11.8. The molecule has 0 aliphatic heterocycles. The smallest absolute Gasteiger partial charge is 0.251 e. The Labute approximate surface area is 119 Å². The Morgan fingerprint density at radius 1 is 1.10 bits per heavy atom. The van der Waals surface area contributed by atoms with Gasteiger partial charge < -0.3 is 10.1 Å². The maximum atomic E-state index is 12.2. The molecule has 104 valence electrons. The second kappa shape index (κ2) is 6.24. The number of benzene rings is 2. The number of hydrogen-bond donors (Lipinski definition) is 1. The van der Waals surface area contributed by atoms with Gasteiger partial charge in [-0.05, 0) is 32.0 Å². The van der Waals surface area contributed by atoms with Crippen LogP contribution in [0.3, 0.4) is 0 Å². The van der Waals surface area contributed by atoms with Crippen molar-refractivity contribution in [3.05, 3.63) is 65.2 Å². The van der Waals surface area contributed by atoms with Gasteiger partial charge in [-0.2, -0.15) is 0 Å². The first-order chi connectivity index (χ1) is 9.61. The van der Waals surface area contributed by atoms with Crippen LogP contribution in [0.2, 0.25) is 0 Å². The average molecular weight is 269 g/mol. The molecule has 0 aromatic heterocycles. The van der Waals surface area contributed by atoms with Crippen molar-refractivity contribution in [1.82, 2.24) is 5.32 Å². The third-order valence-electron chi connectivity index (χ3n) is 3.27. The van der Waals surface area contributed by atoms with E-state index in [1.807, 2.05) is 62.4 Å². The van der Waals surface area contributed by atoms with E-state index in [0.29, 0.717) is 5.56 Å². The predicted molar refractivity (Wildman–Crippen MR) is 80.1 cm³/mol. The van der Waals surface area contributed by atoms with Gasteiger partial charge in [0, 0.05) is 11.1 Å². The number of amides is 1. The third-order valence-corrected chi connectivity index (χ3v) is 3.27. The zero-order valence-corrected chi connectivity index (χ0v) is 12.0. The van der Waals surface area contributed by atoms with E-state index in [0.717, 1.165) is 16.9 Å². The van der Waals surface area contributed by atoms with Crippen LogP contribution in [0.5, 0.6) is 5.75 Å². The van der Waals surface area contributed by atoms with E-state index in [4.69, 9.17) is 4.74 Å². The lowest BCUT2D eigenvalue weighted by Crippen LogP contribution is -2.26. The molecule has 1 amide bonds. The Balaban J connectivity index is 2.13. The molecule has 0 saturated heterocycles. The summed E-state index contributed by atoms with van der Waals surface area (Å²) < 4.78 is 5.32. The van der Waals surface area contributed by atoms with E-state index in [1.54, 1.807) is 7.11 Å². The minimum absolute atomic E-state index is 0.0802. The Bertz CT molecular complexity index is 590. The number of carbonyl (C=O) groups excluding carboxylic acids is 1. The van der Waals surface area contributed by atoms with Crippen LogP contribution < -0.4 is 10.1 Å². The number of nitrogens with one attached hydrogen (secondary N) is 1. The van der Waals surface area contributed by atoms with E-state index in [1.165, 1.54) is 0 Å². The zero-order valence-electron chi connectivity index (χ0n) is 12.0. The maximum absolute atomic E-state index is 12.2. The summed E-state index contributed by atoms with van der Waals surface area (Å²) in [5.41, 5.74) is 2.77. The summed E-state index contributed by atoms with van der Waals surface area (Å²) in [6.07, 6.45) is 0. The van der Waals surface area contributed by atoms with Crippen molar-refractivity contribution < 1.29 is 9.53 Å². The first-order valence-corrected chi connectivity index (χ1v) is 6.62. The van der Waals surface area contributed by atoms with Crippen molar-refractivity contribution >= 4 is 5.91 Å². The summed E-state index contributed by atoms with van der Waals surface area (Å²) in [4.78, 5) is 12.2. The second-order valence-corrected chi connectivity index (χ2v) is 4.80. The van der Waals surface area contributed by atoms with Gasteiger partial charge in [0.1, 0.15) is 5.75 Å². The monoisotopic (exact) mass is 269 g/mol. The molecule has 0 bridgehead atoms. The molecule has 1 atom stereocenters. The fraction of sp³-hybridized carbons (Fsp3) is 0.235. The molecular formula is C17H19NO2. The molecular weight excluding hydrogens is 250 g/mol. The molecule has 3 nitrogen and oxygen atoms in total. The molecule has 0 radical (unpaired) electrons. The van der Waals surface area contributed by atoms with Gasteiger partial charge in [-0.15, -0.1) is 0 Å². The molecule has 0 aliphatic carbocycles. The molecule has 0 spiro atoms. The fourth-order valence-electron chi connectivity index (χ4n) is 2.09. The van der Waals surface area contributed by atoms with Gasteiger partial charge in [0.15, 0.2) is 0 Å². The lowest BCUT2D eigenvalue weighted by molar-refractivity contribution is 0.0939. The van der Waals surface area contributed by atoms with Crippen molar-refractivity contribution in [2.45, 2.75) is 19.9 Å². The topological polar surface area (TPSA) is 38.3 Å². The fourth-order valence-corrected chi connectivity index (χ4v) is 2.09. The molecule has 0 aliphatic rings. The van der Waals surface area contributed by atoms with Gasteiger partial charge in [0.25, 0.3) is 5.91 Å². The van der Waals surface area contributed by atoms with Crippen LogP contribution in [0.4, 0.5) is 0 Å². The highest BCUT2D eigenvalue weighted by Gasteiger charge is 2.14. The van der Waals surface area contributed by atoms with Gasteiger partial charge in [0.05, 0.1) is 13.2 Å². The number of ether oxygens (including phenoxy) is 1. The van der Waals surface area contributed by atoms with Crippen LogP contribution >= 0.6 is 0 Å². The Hall–Kier alpha value is -2.29. The van der Waals surface area contributed by atoms with Crippen LogP contribution in [0.1, 0.15) is 34.5 Å². The quantitative estimate of drug-likeness (QED) is 0.922. The summed E-state index contributed by atoms with van der Waals surface area (Å²) in [7, 11) is 1.63. The number of rotatable bonds is 4. The Kier molecular flexibility index (Phi) is 4.41. The van der Waals surface area contributed by atoms with Gasteiger partial charge in [-0.1, -0.05) is 35.9 Å². The summed E-state index contributed by atoms with van der Waals surface area (Å²) in [5.74, 6) is 0.701. The zero-order chi connectivity index (χ0) is 14.5. The van der Waals surface area contributed by atoms with Crippen LogP contribution in [0, 0.1) is 6.92 Å². The molecule has 1 unspecified atom stereocenters. The SMILES string of the molecule is COc1ccccc1C(C)NC(=O)c1ccc(C)cc1. The third kappa shape index (κ3) is 3.18. The van der Waals surface area contributed by atoms with Crippen LogP contribution in [0.25, 0.3) is 0 Å². The standard InChI is InChI=1S/C17H19NO2/c1-12-8-10-14(11-9-12)17(19)18-13(2)15-6-4-5-7-16(15)20-3/h4-11,13H,1-3H3,(H,18,19). The lowest BCUT2D eigenvalue weighted by atomic mass is 10.1. The largest absolute Gasteiger partial charge is 0.496 e. The number of hydrogen-bond acceptors (Lipinski definition) is 2. The van der Waals surface area contributed by atoms with Crippen LogP contribution in [-0.2, 0) is 0 Å². The second-order valence-electron chi connectivity index (χ2n) is 4.80. The highest BCUT2D eigenvalue weighted by atomic mass is 16.5. The summed E-state index contributed by atoms with van der Waals surface area (Å²) in [6, 6.07) is 15.1. The van der Waals surface area contributed by atoms with Crippen LogP contribution in [-0.4, -0.2) is 13.0 Å². The molecule has 20 heavy (non-hydrogen) atoms. The molecule has 2 aromatic carbocycles. The maximum Gasteiger partial charge on any atom is 0.251 e. The molecule has 3 heteroatoms. The number of aryl methyl sites for hydroxylation is 1. The Morgan fingerprint density at radius 3 is 2.40 bits per heavy atom. The number of para-hydroxylation sites is 1. The lowest BCUT2D eigenvalue weighted by Gasteiger charge is -2.17. The van der Waals surface area contributed by atoms with Gasteiger partial charge in [-0.3, -0.25) is 4.79 Å². The number of carbonyl (C=O) groups is 1. The van der Waals surface area contributed by atoms with E-state index < -0.39 is 0 Å². The molecule has 0 heterocycles. The molecule has 2 aromatic rings. The van der Waals surface area contributed by atoms with E-state index in [2.05, 4.69) is 5.32 Å². The minimum Gasteiger partial charge on any atom is -0.496 e. The van der Waals surface area contributed by atoms with Gasteiger partial charge in [-0.25, -0.2) is 0 Å². The van der Waals surface area contributed by atoms with E-state index in [9.17, 15) is 4.79 Å². The van der Waals surface area contributed by atoms with Crippen molar-refractivity contribution in [2.75, 3.05) is 7.11 Å². The number of methoxy groups -OCH3 is 1. The van der Waals surface area contributed by atoms with Gasteiger partial charge in [0.2, 0.25) is 0 Å². The van der Waals surface area contributed by atoms with Crippen molar-refractivity contribution in [3.63, 3.8) is 0 Å². The van der Waals surface area contributed by atoms with E-state index in [-0.39, 0.29) is 11.9 Å². The molecule has 0 saturated carbocycles. The minimum atomic E-state index is -0.111. The molecule has 1 N–H and O–H groups in total. The first-order valence-electron chi connectivity index (χ1n) is 6.62. The first kappa shape index (κ1) is 14.1. The highest BCUT2D eigenvalue weighted by molar-refractivity contribution is 5.94. The van der Waals surface area contributed by atoms with Crippen molar-refractivity contribution in [3.8, 4) is 5.75 Å². The Morgan fingerprint density at radius 2 is 1.75 bits per heavy atom. The summed E-state index contributed by atoms with van der Waals surface area (Å²) >= 11 is 0. The summed E-state index contributed by atoms with van der Waals surface area (Å²) in [5, 5.41) is 2.99. The predicted octanol–water partition coefficient (Wildman–Crippen LogP) is 3.49. The highest BCUT2D eigenvalue weighted by Crippen LogP contribution is 2.24. The van der Waals surface area contributed by atoms with Crippen molar-refractivity contribution in [2.24, 2.45) is 0 Å². The summed E-state index contributed by atoms with van der Waals surface area (Å²) in [6.45, 7) is 3.95. The van der Waals surface area contributed by atoms with E-state index >= 15 is 0 Å². The van der Waals surface area contributed by atoms with Crippen molar-refractivity contribution in [1.29, 1.82) is 0 Å².